The van der Waals surface area contributed by atoms with Gasteiger partial charge in [0.15, 0.2) is 0 Å². The fourth-order valence-corrected chi connectivity index (χ4v) is 0.834. The Morgan fingerprint density at radius 3 is 2.50 bits per heavy atom. The number of nitrogens with zero attached hydrogens (tertiary/aromatic N) is 1. The minimum Gasteiger partial charge on any atom is -0.497 e. The summed E-state index contributed by atoms with van der Waals surface area (Å²) in [6.07, 6.45) is 0. The van der Waals surface area contributed by atoms with Gasteiger partial charge in [0, 0.05) is 0 Å². The van der Waals surface area contributed by atoms with Crippen LogP contribution in [0.25, 0.3) is 0 Å². The van der Waals surface area contributed by atoms with Gasteiger partial charge in [-0.25, -0.2) is 0 Å². The minimum absolute atomic E-state index is 0.389. The van der Waals surface area contributed by atoms with Crippen molar-refractivity contribution in [2.24, 2.45) is 5.16 Å². The number of hydrogen-bond donors (Lipinski definition) is 0. The van der Waals surface area contributed by atoms with Crippen molar-refractivity contribution in [2.45, 2.75) is 6.61 Å². The van der Waals surface area contributed by atoms with Crippen LogP contribution in [-0.4, -0.2) is 13.8 Å². The summed E-state index contributed by atoms with van der Waals surface area (Å²) in [5.41, 5.74) is 1.00. The van der Waals surface area contributed by atoms with Gasteiger partial charge < -0.3 is 9.57 Å². The molecular weight excluding hydrogens is 154 g/mol. The molecule has 3 heteroatoms. The zero-order valence-corrected chi connectivity index (χ0v) is 6.86. The summed E-state index contributed by atoms with van der Waals surface area (Å²) in [6, 6.07) is 7.50. The van der Waals surface area contributed by atoms with E-state index in [1.54, 1.807) is 7.11 Å². The largest absolute Gasteiger partial charge is 0.497 e. The average molecular weight is 164 g/mol. The molecule has 0 amide bonds. The van der Waals surface area contributed by atoms with Crippen molar-refractivity contribution in [2.75, 3.05) is 7.11 Å². The molecule has 3 nitrogen and oxygen atoms in total. The van der Waals surface area contributed by atoms with E-state index in [1.165, 1.54) is 0 Å². The van der Waals surface area contributed by atoms with Crippen LogP contribution in [0.15, 0.2) is 29.4 Å². The lowest BCUT2D eigenvalue weighted by Crippen LogP contribution is -1.87. The van der Waals surface area contributed by atoms with E-state index in [4.69, 9.17) is 11.5 Å². The Hall–Kier alpha value is -1.51. The lowest BCUT2D eigenvalue weighted by molar-refractivity contribution is 0.133. The van der Waals surface area contributed by atoms with Crippen molar-refractivity contribution in [3.8, 4) is 5.75 Å². The van der Waals surface area contributed by atoms with E-state index in [9.17, 15) is 0 Å². The molecule has 0 N–H and O–H groups in total. The minimum atomic E-state index is 0.389. The number of methoxy groups -OCH3 is 1. The Morgan fingerprint density at radius 1 is 1.33 bits per heavy atom. The SMILES string of the molecule is [CH]=NOCc1ccc(OC)cc1. The molecule has 12 heavy (non-hydrogen) atoms. The fourth-order valence-electron chi connectivity index (χ4n) is 0.834. The van der Waals surface area contributed by atoms with E-state index in [0.29, 0.717) is 6.61 Å². The lowest BCUT2D eigenvalue weighted by atomic mass is 10.2. The Bertz CT molecular complexity index is 243. The van der Waals surface area contributed by atoms with Gasteiger partial charge in [-0.1, -0.05) is 17.3 Å². The molecule has 0 unspecified atom stereocenters. The molecule has 0 bridgehead atoms. The maximum atomic E-state index is 4.98. The molecule has 63 valence electrons. The first kappa shape index (κ1) is 8.59. The summed E-state index contributed by atoms with van der Waals surface area (Å²) in [6.45, 7) is 5.20. The van der Waals surface area contributed by atoms with Crippen LogP contribution in [-0.2, 0) is 11.4 Å². The smallest absolute Gasteiger partial charge is 0.142 e. The maximum absolute atomic E-state index is 4.98. The molecule has 0 saturated carbocycles. The molecule has 1 aromatic carbocycles. The van der Waals surface area contributed by atoms with Gasteiger partial charge in [-0.2, -0.15) is 0 Å². The van der Waals surface area contributed by atoms with Crippen molar-refractivity contribution in [1.82, 2.24) is 0 Å². The second-order valence-corrected chi connectivity index (χ2v) is 2.23. The topological polar surface area (TPSA) is 30.8 Å². The third-order valence-corrected chi connectivity index (χ3v) is 1.46. The Kier molecular flexibility index (Phi) is 3.14. The third-order valence-electron chi connectivity index (χ3n) is 1.46. The van der Waals surface area contributed by atoms with Gasteiger partial charge in [0.1, 0.15) is 12.4 Å². The normalized spacial score (nSPS) is 9.08. The average Bonchev–Trinajstić information content (AvgIpc) is 2.15. The molecule has 0 aromatic heterocycles. The highest BCUT2D eigenvalue weighted by atomic mass is 16.6. The van der Waals surface area contributed by atoms with Gasteiger partial charge in [-0.05, 0) is 17.7 Å². The first-order chi connectivity index (χ1) is 5.86. The first-order valence-corrected chi connectivity index (χ1v) is 3.52. The van der Waals surface area contributed by atoms with Crippen molar-refractivity contribution >= 4 is 6.72 Å². The van der Waals surface area contributed by atoms with Gasteiger partial charge in [0.2, 0.25) is 0 Å². The Balaban J connectivity index is 2.58. The predicted octanol–water partition coefficient (Wildman–Crippen LogP) is 1.70. The predicted molar refractivity (Wildman–Crippen MR) is 46.3 cm³/mol. The van der Waals surface area contributed by atoms with Crippen molar-refractivity contribution < 1.29 is 9.57 Å². The second kappa shape index (κ2) is 4.38. The van der Waals surface area contributed by atoms with Gasteiger partial charge in [-0.3, -0.25) is 0 Å². The zero-order chi connectivity index (χ0) is 8.81. The molecule has 0 aliphatic carbocycles. The summed E-state index contributed by atoms with van der Waals surface area (Å²) in [4.78, 5) is 4.66. The van der Waals surface area contributed by atoms with E-state index in [-0.39, 0.29) is 0 Å². The van der Waals surface area contributed by atoms with Crippen LogP contribution < -0.4 is 4.74 Å². The molecule has 0 saturated heterocycles. The molecule has 0 aliphatic rings. The highest BCUT2D eigenvalue weighted by Gasteiger charge is 1.93. The van der Waals surface area contributed by atoms with E-state index in [2.05, 4.69) is 9.99 Å². The van der Waals surface area contributed by atoms with E-state index < -0.39 is 0 Å². The highest BCUT2D eigenvalue weighted by Crippen LogP contribution is 2.11. The molecule has 1 rings (SSSR count). The Morgan fingerprint density at radius 2 is 2.00 bits per heavy atom. The van der Waals surface area contributed by atoms with E-state index >= 15 is 0 Å². The Labute approximate surface area is 71.6 Å². The van der Waals surface area contributed by atoms with Crippen LogP contribution in [0.5, 0.6) is 5.75 Å². The van der Waals surface area contributed by atoms with Crippen LogP contribution in [0.2, 0.25) is 0 Å². The highest BCUT2D eigenvalue weighted by molar-refractivity contribution is 5.26. The quantitative estimate of drug-likeness (QED) is 0.501. The molecule has 1 aromatic rings. The molecule has 0 spiro atoms. The van der Waals surface area contributed by atoms with Crippen molar-refractivity contribution in [1.29, 1.82) is 0 Å². The first-order valence-electron chi connectivity index (χ1n) is 3.52. The van der Waals surface area contributed by atoms with Gasteiger partial charge >= 0.3 is 0 Å². The number of rotatable bonds is 4. The molecule has 0 fully saturated rings. The molecule has 1 radical (unpaired) electrons. The molecular formula is C9H10NO2. The van der Waals surface area contributed by atoms with E-state index in [0.717, 1.165) is 11.3 Å². The summed E-state index contributed by atoms with van der Waals surface area (Å²) in [7, 11) is 1.63. The summed E-state index contributed by atoms with van der Waals surface area (Å²) < 4.78 is 4.98. The summed E-state index contributed by atoms with van der Waals surface area (Å²) in [5.74, 6) is 0.823. The van der Waals surface area contributed by atoms with E-state index in [1.807, 2.05) is 24.3 Å². The second-order valence-electron chi connectivity index (χ2n) is 2.23. The van der Waals surface area contributed by atoms with Gasteiger partial charge in [-0.15, -0.1) is 0 Å². The zero-order valence-electron chi connectivity index (χ0n) is 6.86. The monoisotopic (exact) mass is 164 g/mol. The van der Waals surface area contributed by atoms with Gasteiger partial charge in [0.25, 0.3) is 0 Å². The number of hydrogen-bond acceptors (Lipinski definition) is 3. The molecule has 0 atom stereocenters. The van der Waals surface area contributed by atoms with Crippen molar-refractivity contribution in [3.05, 3.63) is 29.8 Å². The standard InChI is InChI=1S/C9H10NO2/c1-10-12-7-8-3-5-9(11-2)6-4-8/h1,3-6H,7H2,2H3. The van der Waals surface area contributed by atoms with Crippen molar-refractivity contribution in [3.63, 3.8) is 0 Å². The maximum Gasteiger partial charge on any atom is 0.142 e. The molecule has 0 aliphatic heterocycles. The summed E-state index contributed by atoms with van der Waals surface area (Å²) in [5, 5.41) is 3.04. The number of benzene rings is 1. The van der Waals surface area contributed by atoms with Crippen LogP contribution in [0, 0.1) is 0 Å². The van der Waals surface area contributed by atoms with Crippen LogP contribution in [0.1, 0.15) is 5.56 Å². The van der Waals surface area contributed by atoms with Crippen LogP contribution in [0.4, 0.5) is 0 Å². The third kappa shape index (κ3) is 2.27. The van der Waals surface area contributed by atoms with Gasteiger partial charge in [0.05, 0.1) is 13.8 Å². The van der Waals surface area contributed by atoms with Crippen LogP contribution >= 0.6 is 0 Å². The van der Waals surface area contributed by atoms with Crippen LogP contribution in [0.3, 0.4) is 0 Å². The fraction of sp³-hybridized carbons (Fsp3) is 0.222. The molecule has 0 heterocycles. The summed E-state index contributed by atoms with van der Waals surface area (Å²) >= 11 is 0. The lowest BCUT2D eigenvalue weighted by Gasteiger charge is -2.01. The number of ether oxygens (including phenoxy) is 1.